The van der Waals surface area contributed by atoms with Gasteiger partial charge in [0, 0.05) is 32.3 Å². The van der Waals surface area contributed by atoms with Crippen LogP contribution in [0.5, 0.6) is 0 Å². The van der Waals surface area contributed by atoms with Crippen LogP contribution in [-0.2, 0) is 16.1 Å². The van der Waals surface area contributed by atoms with E-state index in [0.717, 1.165) is 32.5 Å². The number of amides is 2. The van der Waals surface area contributed by atoms with Crippen molar-refractivity contribution >= 4 is 23.6 Å². The Labute approximate surface area is 174 Å². The van der Waals surface area contributed by atoms with E-state index in [0.29, 0.717) is 41.4 Å². The Morgan fingerprint density at radius 3 is 2.86 bits per heavy atom. The number of pyridine rings is 1. The summed E-state index contributed by atoms with van der Waals surface area (Å²) in [6.07, 6.45) is 5.43. The second-order valence-electron chi connectivity index (χ2n) is 7.72. The third-order valence-corrected chi connectivity index (χ3v) is 6.33. The van der Waals surface area contributed by atoms with Crippen LogP contribution < -0.4 is 0 Å². The fraction of sp³-hybridized carbons (Fsp3) is 0.550. The molecule has 0 aromatic carbocycles. The van der Waals surface area contributed by atoms with Crippen molar-refractivity contribution in [1.82, 2.24) is 29.5 Å². The summed E-state index contributed by atoms with van der Waals surface area (Å²) >= 11 is 1.38. The first-order valence-electron chi connectivity index (χ1n) is 10.2. The number of carbonyl (C=O) groups is 2. The number of thioether (sulfide) groups is 1. The van der Waals surface area contributed by atoms with E-state index in [2.05, 4.69) is 22.1 Å². The zero-order valence-corrected chi connectivity index (χ0v) is 17.5. The molecule has 2 amide bonds. The van der Waals surface area contributed by atoms with Crippen LogP contribution in [0.2, 0.25) is 0 Å². The first kappa shape index (κ1) is 19.9. The Morgan fingerprint density at radius 1 is 1.24 bits per heavy atom. The van der Waals surface area contributed by atoms with Crippen molar-refractivity contribution in [3.8, 4) is 5.82 Å². The third-order valence-electron chi connectivity index (χ3n) is 5.42. The van der Waals surface area contributed by atoms with Gasteiger partial charge in [-0.1, -0.05) is 24.8 Å². The van der Waals surface area contributed by atoms with Crippen LogP contribution in [0.4, 0.5) is 0 Å². The normalized spacial score (nSPS) is 19.8. The highest BCUT2D eigenvalue weighted by atomic mass is 32.2. The van der Waals surface area contributed by atoms with Crippen molar-refractivity contribution in [2.75, 3.05) is 25.4 Å². The molecular formula is C20H26N6O2S. The van der Waals surface area contributed by atoms with Crippen molar-refractivity contribution in [3.05, 3.63) is 30.2 Å². The van der Waals surface area contributed by atoms with Crippen molar-refractivity contribution in [2.45, 2.75) is 44.3 Å². The summed E-state index contributed by atoms with van der Waals surface area (Å²) in [5.74, 6) is 2.51. The monoisotopic (exact) mass is 414 g/mol. The van der Waals surface area contributed by atoms with Gasteiger partial charge < -0.3 is 9.80 Å². The number of aromatic nitrogens is 4. The lowest BCUT2D eigenvalue weighted by molar-refractivity contribution is -0.130. The standard InChI is InChI=1S/C20H26N6O2S/c1-15-6-4-10-24(12-15)19(28)14-29-20-23-22-17(13-25-11-5-8-18(25)27)26(20)16-7-2-3-9-21-16/h2-3,7,9,15H,4-6,8,10-14H2,1H3. The Balaban J connectivity index is 1.51. The predicted molar refractivity (Wildman–Crippen MR) is 110 cm³/mol. The molecule has 0 saturated carbocycles. The van der Waals surface area contributed by atoms with E-state index in [-0.39, 0.29) is 11.8 Å². The molecule has 2 aromatic rings. The molecule has 0 aliphatic carbocycles. The molecule has 2 aromatic heterocycles. The van der Waals surface area contributed by atoms with E-state index in [1.54, 1.807) is 11.1 Å². The van der Waals surface area contributed by atoms with Crippen LogP contribution in [0, 0.1) is 5.92 Å². The van der Waals surface area contributed by atoms with Crippen LogP contribution in [0.3, 0.4) is 0 Å². The minimum absolute atomic E-state index is 0.133. The van der Waals surface area contributed by atoms with E-state index >= 15 is 0 Å². The van der Waals surface area contributed by atoms with Gasteiger partial charge in [-0.15, -0.1) is 10.2 Å². The van der Waals surface area contributed by atoms with Crippen molar-refractivity contribution in [3.63, 3.8) is 0 Å². The number of likely N-dealkylation sites (tertiary alicyclic amines) is 2. The molecule has 4 heterocycles. The predicted octanol–water partition coefficient (Wildman–Crippen LogP) is 2.14. The van der Waals surface area contributed by atoms with Gasteiger partial charge >= 0.3 is 0 Å². The summed E-state index contributed by atoms with van der Waals surface area (Å²) < 4.78 is 1.86. The number of rotatable bonds is 6. The van der Waals surface area contributed by atoms with Crippen LogP contribution in [-0.4, -0.2) is 66.7 Å². The van der Waals surface area contributed by atoms with Crippen LogP contribution in [0.25, 0.3) is 5.82 Å². The maximum atomic E-state index is 12.7. The Kier molecular flexibility index (Phi) is 6.13. The van der Waals surface area contributed by atoms with Crippen LogP contribution in [0.15, 0.2) is 29.6 Å². The van der Waals surface area contributed by atoms with Crippen LogP contribution >= 0.6 is 11.8 Å². The molecule has 2 saturated heterocycles. The summed E-state index contributed by atoms with van der Waals surface area (Å²) in [6.45, 7) is 4.99. The molecule has 9 heteroatoms. The van der Waals surface area contributed by atoms with Gasteiger partial charge in [-0.2, -0.15) is 0 Å². The highest BCUT2D eigenvalue weighted by molar-refractivity contribution is 7.99. The summed E-state index contributed by atoms with van der Waals surface area (Å²) in [7, 11) is 0. The van der Waals surface area contributed by atoms with Gasteiger partial charge in [-0.3, -0.25) is 14.2 Å². The molecule has 0 radical (unpaired) electrons. The smallest absolute Gasteiger partial charge is 0.233 e. The molecule has 29 heavy (non-hydrogen) atoms. The number of hydrogen-bond acceptors (Lipinski definition) is 6. The SMILES string of the molecule is CC1CCCN(C(=O)CSc2nnc(CN3CCCC3=O)n2-c2ccccn2)C1. The summed E-state index contributed by atoms with van der Waals surface area (Å²) in [5.41, 5.74) is 0. The molecule has 154 valence electrons. The Morgan fingerprint density at radius 2 is 2.14 bits per heavy atom. The molecular weight excluding hydrogens is 388 g/mol. The van der Waals surface area contributed by atoms with Gasteiger partial charge in [-0.25, -0.2) is 4.98 Å². The molecule has 2 fully saturated rings. The van der Waals surface area contributed by atoms with Crippen molar-refractivity contribution < 1.29 is 9.59 Å². The summed E-state index contributed by atoms with van der Waals surface area (Å²) in [5, 5.41) is 9.27. The van der Waals surface area contributed by atoms with Gasteiger partial charge in [0.15, 0.2) is 11.0 Å². The molecule has 1 unspecified atom stereocenters. The second kappa shape index (κ2) is 8.94. The number of nitrogens with zero attached hydrogens (tertiary/aromatic N) is 6. The van der Waals surface area contributed by atoms with E-state index in [1.807, 2.05) is 27.7 Å². The first-order valence-corrected chi connectivity index (χ1v) is 11.1. The minimum atomic E-state index is 0.133. The fourth-order valence-electron chi connectivity index (χ4n) is 3.89. The summed E-state index contributed by atoms with van der Waals surface area (Å²) in [6, 6.07) is 5.64. The maximum Gasteiger partial charge on any atom is 0.233 e. The zero-order valence-electron chi connectivity index (χ0n) is 16.7. The number of carbonyl (C=O) groups excluding carboxylic acids is 2. The quantitative estimate of drug-likeness (QED) is 0.674. The van der Waals surface area contributed by atoms with E-state index in [4.69, 9.17) is 0 Å². The Bertz CT molecular complexity index is 871. The lowest BCUT2D eigenvalue weighted by Gasteiger charge is -2.30. The highest BCUT2D eigenvalue weighted by Gasteiger charge is 2.26. The molecule has 1 atom stereocenters. The largest absolute Gasteiger partial charge is 0.342 e. The minimum Gasteiger partial charge on any atom is -0.342 e. The third kappa shape index (κ3) is 4.60. The molecule has 4 rings (SSSR count). The van der Waals surface area contributed by atoms with Crippen molar-refractivity contribution in [1.29, 1.82) is 0 Å². The zero-order chi connectivity index (χ0) is 20.2. The molecule has 0 spiro atoms. The molecule has 0 bridgehead atoms. The van der Waals surface area contributed by atoms with E-state index in [1.165, 1.54) is 18.2 Å². The number of piperidine rings is 1. The van der Waals surface area contributed by atoms with Gasteiger partial charge in [-0.05, 0) is 37.3 Å². The number of hydrogen-bond donors (Lipinski definition) is 0. The average Bonchev–Trinajstić information content (AvgIpc) is 3.33. The fourth-order valence-corrected chi connectivity index (χ4v) is 4.75. The Hall–Kier alpha value is -2.42. The molecule has 8 nitrogen and oxygen atoms in total. The highest BCUT2D eigenvalue weighted by Crippen LogP contribution is 2.24. The average molecular weight is 415 g/mol. The van der Waals surface area contributed by atoms with Gasteiger partial charge in [0.1, 0.15) is 5.82 Å². The van der Waals surface area contributed by atoms with Gasteiger partial charge in [0.05, 0.1) is 12.3 Å². The molecule has 2 aliphatic heterocycles. The first-order chi connectivity index (χ1) is 14.1. The summed E-state index contributed by atoms with van der Waals surface area (Å²) in [4.78, 5) is 32.9. The molecule has 2 aliphatic rings. The van der Waals surface area contributed by atoms with E-state index in [9.17, 15) is 9.59 Å². The van der Waals surface area contributed by atoms with Crippen molar-refractivity contribution in [2.24, 2.45) is 5.92 Å². The molecule has 0 N–H and O–H groups in total. The lowest BCUT2D eigenvalue weighted by Crippen LogP contribution is -2.40. The topological polar surface area (TPSA) is 84.2 Å². The maximum absolute atomic E-state index is 12.7. The van der Waals surface area contributed by atoms with E-state index < -0.39 is 0 Å². The lowest BCUT2D eigenvalue weighted by atomic mass is 10.0. The second-order valence-corrected chi connectivity index (χ2v) is 8.66. The van der Waals surface area contributed by atoms with Gasteiger partial charge in [0.2, 0.25) is 11.8 Å². The van der Waals surface area contributed by atoms with Crippen LogP contribution in [0.1, 0.15) is 38.4 Å². The van der Waals surface area contributed by atoms with Gasteiger partial charge in [0.25, 0.3) is 0 Å².